The summed E-state index contributed by atoms with van der Waals surface area (Å²) in [6.07, 6.45) is -0.751. The number of carbonyl (C=O) groups excluding carboxylic acids is 2. The maximum Gasteiger partial charge on any atom is 0.408 e. The number of aliphatic carboxylic acids is 1. The van der Waals surface area contributed by atoms with Crippen LogP contribution in [0.5, 0.6) is 0 Å². The highest BCUT2D eigenvalue weighted by molar-refractivity contribution is 5.87. The fraction of sp³-hybridized carbons (Fsp3) is 0.438. The van der Waals surface area contributed by atoms with Gasteiger partial charge in [-0.2, -0.15) is 0 Å². The normalized spacial score (nSPS) is 13.8. The molecule has 6 nitrogen and oxygen atoms in total. The summed E-state index contributed by atoms with van der Waals surface area (Å²) in [5, 5.41) is 11.9. The number of carboxylic acids is 1. The molecule has 2 N–H and O–H groups in total. The number of hydrogen-bond donors (Lipinski definition) is 2. The Bertz CT molecular complexity index is 535. The van der Waals surface area contributed by atoms with E-state index in [0.717, 1.165) is 0 Å². The Balaban J connectivity index is 3.03. The molecule has 0 saturated carbocycles. The maximum atomic E-state index is 11.9. The van der Waals surface area contributed by atoms with Crippen LogP contribution in [0.4, 0.5) is 4.79 Å². The first-order chi connectivity index (χ1) is 10.2. The third kappa shape index (κ3) is 5.20. The monoisotopic (exact) mass is 307 g/mol. The minimum Gasteiger partial charge on any atom is -0.479 e. The molecule has 120 valence electrons. The first-order valence-corrected chi connectivity index (χ1v) is 6.91. The number of rotatable bonds is 6. The Hall–Kier alpha value is -2.37. The zero-order valence-electron chi connectivity index (χ0n) is 13.0. The minimum absolute atomic E-state index is 0.0127. The van der Waals surface area contributed by atoms with E-state index in [9.17, 15) is 19.5 Å². The Morgan fingerprint density at radius 1 is 1.23 bits per heavy atom. The highest BCUT2D eigenvalue weighted by Crippen LogP contribution is 2.19. The quantitative estimate of drug-likeness (QED) is 0.786. The summed E-state index contributed by atoms with van der Waals surface area (Å²) in [4.78, 5) is 34.5. The van der Waals surface area contributed by atoms with Crippen LogP contribution in [0, 0.1) is 0 Å². The van der Waals surface area contributed by atoms with Crippen LogP contribution in [0.3, 0.4) is 0 Å². The van der Waals surface area contributed by atoms with Gasteiger partial charge in [-0.05, 0) is 26.3 Å². The number of hydrogen-bond acceptors (Lipinski definition) is 4. The van der Waals surface area contributed by atoms with E-state index < -0.39 is 23.2 Å². The van der Waals surface area contributed by atoms with Gasteiger partial charge in [0.25, 0.3) is 0 Å². The van der Waals surface area contributed by atoms with Crippen LogP contribution in [0.2, 0.25) is 0 Å². The number of carboxylic acid groups (broad SMARTS) is 1. The third-order valence-electron chi connectivity index (χ3n) is 2.93. The molecule has 1 atom stereocenters. The van der Waals surface area contributed by atoms with Crippen LogP contribution in [0.1, 0.15) is 32.8 Å². The van der Waals surface area contributed by atoms with Gasteiger partial charge in [-0.15, -0.1) is 0 Å². The summed E-state index contributed by atoms with van der Waals surface area (Å²) < 4.78 is 5.10. The van der Waals surface area contributed by atoms with Gasteiger partial charge in [-0.3, -0.25) is 0 Å². The molecule has 6 heteroatoms. The third-order valence-corrected chi connectivity index (χ3v) is 2.93. The van der Waals surface area contributed by atoms with Gasteiger partial charge >= 0.3 is 12.1 Å². The summed E-state index contributed by atoms with van der Waals surface area (Å²) >= 11 is 0. The molecule has 0 heterocycles. The molecular formula is C16H21NO5. The lowest BCUT2D eigenvalue weighted by molar-refractivity contribution is -0.146. The predicted octanol–water partition coefficient (Wildman–Crippen LogP) is 2.17. The lowest BCUT2D eigenvalue weighted by atomic mass is 9.88. The number of nitrogens with one attached hydrogen (secondary N) is 1. The first-order valence-electron chi connectivity index (χ1n) is 6.91. The van der Waals surface area contributed by atoms with E-state index in [4.69, 9.17) is 4.74 Å². The van der Waals surface area contributed by atoms with Crippen molar-refractivity contribution in [2.24, 2.45) is 0 Å². The van der Waals surface area contributed by atoms with E-state index in [-0.39, 0.29) is 12.8 Å². The standard InChI is InChI=1S/C16H21NO5/c1-15(2,3)22-14(21)17-16(9-10-18,13(19)20)11-12-7-5-4-6-8-12/h4-8,10H,9,11H2,1-3H3,(H,17,21)(H,19,20)/t16-/m0/s1. The molecule has 0 fully saturated rings. The van der Waals surface area contributed by atoms with Gasteiger partial charge in [-0.25, -0.2) is 9.59 Å². The van der Waals surface area contributed by atoms with E-state index in [0.29, 0.717) is 11.8 Å². The maximum absolute atomic E-state index is 11.9. The zero-order chi connectivity index (χ0) is 16.8. The molecule has 0 spiro atoms. The molecule has 0 aliphatic heterocycles. The summed E-state index contributed by atoms with van der Waals surface area (Å²) in [5.41, 5.74) is -1.80. The van der Waals surface area contributed by atoms with Crippen molar-refractivity contribution < 1.29 is 24.2 Å². The van der Waals surface area contributed by atoms with Crippen molar-refractivity contribution in [2.75, 3.05) is 0 Å². The van der Waals surface area contributed by atoms with Crippen LogP contribution in [-0.4, -0.2) is 34.6 Å². The Morgan fingerprint density at radius 2 is 1.82 bits per heavy atom. The van der Waals surface area contributed by atoms with Crippen LogP contribution in [0.15, 0.2) is 30.3 Å². The molecule has 0 aliphatic carbocycles. The number of amides is 1. The molecular weight excluding hydrogens is 286 g/mol. The summed E-state index contributed by atoms with van der Waals surface area (Å²) in [5.74, 6) is -1.28. The number of aldehydes is 1. The van der Waals surface area contributed by atoms with Crippen LogP contribution >= 0.6 is 0 Å². The molecule has 0 saturated heterocycles. The molecule has 1 amide bonds. The lowest BCUT2D eigenvalue weighted by Gasteiger charge is -2.30. The number of ether oxygens (including phenoxy) is 1. The number of alkyl carbamates (subject to hydrolysis) is 1. The lowest BCUT2D eigenvalue weighted by Crippen LogP contribution is -2.57. The average molecular weight is 307 g/mol. The fourth-order valence-corrected chi connectivity index (χ4v) is 1.97. The molecule has 0 bridgehead atoms. The van der Waals surface area contributed by atoms with Gasteiger partial charge in [0.2, 0.25) is 0 Å². The Morgan fingerprint density at radius 3 is 2.27 bits per heavy atom. The van der Waals surface area contributed by atoms with Gasteiger partial charge in [0.15, 0.2) is 5.54 Å². The van der Waals surface area contributed by atoms with Crippen LogP contribution in [0.25, 0.3) is 0 Å². The van der Waals surface area contributed by atoms with Gasteiger partial charge in [-0.1, -0.05) is 30.3 Å². The van der Waals surface area contributed by atoms with Gasteiger partial charge in [0, 0.05) is 12.8 Å². The second-order valence-corrected chi connectivity index (χ2v) is 6.05. The smallest absolute Gasteiger partial charge is 0.408 e. The van der Waals surface area contributed by atoms with Gasteiger partial charge in [0.05, 0.1) is 0 Å². The highest BCUT2D eigenvalue weighted by atomic mass is 16.6. The molecule has 0 unspecified atom stereocenters. The van der Waals surface area contributed by atoms with Crippen molar-refractivity contribution in [1.82, 2.24) is 5.32 Å². The zero-order valence-corrected chi connectivity index (χ0v) is 13.0. The van der Waals surface area contributed by atoms with E-state index >= 15 is 0 Å². The predicted molar refractivity (Wildman–Crippen MR) is 80.6 cm³/mol. The number of benzene rings is 1. The van der Waals surface area contributed by atoms with E-state index in [1.807, 2.05) is 0 Å². The minimum atomic E-state index is -1.73. The van der Waals surface area contributed by atoms with E-state index in [2.05, 4.69) is 5.32 Å². The molecule has 1 aromatic rings. The van der Waals surface area contributed by atoms with Gasteiger partial charge < -0.3 is 20.0 Å². The van der Waals surface area contributed by atoms with Crippen molar-refractivity contribution in [1.29, 1.82) is 0 Å². The molecule has 0 aliphatic rings. The highest BCUT2D eigenvalue weighted by Gasteiger charge is 2.41. The SMILES string of the molecule is CC(C)(C)OC(=O)N[C@@](CC=O)(Cc1ccccc1)C(=O)O. The van der Waals surface area contributed by atoms with Crippen molar-refractivity contribution in [3.8, 4) is 0 Å². The summed E-state index contributed by atoms with van der Waals surface area (Å²) in [6.45, 7) is 5.02. The largest absolute Gasteiger partial charge is 0.479 e. The van der Waals surface area contributed by atoms with E-state index in [1.54, 1.807) is 51.1 Å². The Kier molecular flexibility index (Phi) is 5.68. The summed E-state index contributed by atoms with van der Waals surface area (Å²) in [7, 11) is 0. The molecule has 1 rings (SSSR count). The van der Waals surface area contributed by atoms with Crippen LogP contribution in [-0.2, 0) is 20.7 Å². The van der Waals surface area contributed by atoms with Crippen molar-refractivity contribution >= 4 is 18.3 Å². The molecule has 22 heavy (non-hydrogen) atoms. The average Bonchev–Trinajstić information content (AvgIpc) is 2.37. The van der Waals surface area contributed by atoms with E-state index in [1.165, 1.54) is 0 Å². The Labute approximate surface area is 129 Å². The second kappa shape index (κ2) is 7.06. The molecule has 0 aromatic heterocycles. The first kappa shape index (κ1) is 17.7. The molecule has 0 radical (unpaired) electrons. The topological polar surface area (TPSA) is 92.7 Å². The second-order valence-electron chi connectivity index (χ2n) is 6.05. The summed E-state index contributed by atoms with van der Waals surface area (Å²) in [6, 6.07) is 8.79. The van der Waals surface area contributed by atoms with Crippen molar-refractivity contribution in [3.63, 3.8) is 0 Å². The molecule has 1 aromatic carbocycles. The van der Waals surface area contributed by atoms with Gasteiger partial charge in [0.1, 0.15) is 11.9 Å². The fourth-order valence-electron chi connectivity index (χ4n) is 1.97. The van der Waals surface area contributed by atoms with Crippen molar-refractivity contribution in [2.45, 2.75) is 44.8 Å². The number of carbonyl (C=O) groups is 3. The van der Waals surface area contributed by atoms with Crippen LogP contribution < -0.4 is 5.32 Å². The van der Waals surface area contributed by atoms with Crippen molar-refractivity contribution in [3.05, 3.63) is 35.9 Å².